The highest BCUT2D eigenvalue weighted by molar-refractivity contribution is 5.96. The first-order valence-electron chi connectivity index (χ1n) is 4.70. The molecule has 90 valence electrons. The number of hydrogen-bond donors (Lipinski definition) is 3. The summed E-state index contributed by atoms with van der Waals surface area (Å²) in [7, 11) is 0. The van der Waals surface area contributed by atoms with Gasteiger partial charge in [-0.05, 0) is 12.1 Å². The Balaban J connectivity index is 2.65. The molecule has 1 rings (SSSR count). The van der Waals surface area contributed by atoms with Crippen LogP contribution in [0.5, 0.6) is 0 Å². The molecular formula is C10H10N2O5. The van der Waals surface area contributed by atoms with Gasteiger partial charge in [-0.3, -0.25) is 9.59 Å². The van der Waals surface area contributed by atoms with E-state index >= 15 is 0 Å². The zero-order valence-electron chi connectivity index (χ0n) is 8.71. The molecule has 0 aliphatic carbocycles. The highest BCUT2D eigenvalue weighted by Crippen LogP contribution is 2.01. The molecule has 0 saturated carbocycles. The third-order valence-corrected chi connectivity index (χ3v) is 1.87. The SMILES string of the molecule is O=C(O)CCNC(=O)c1ccnc(C(=O)O)c1. The largest absolute Gasteiger partial charge is 0.481 e. The lowest BCUT2D eigenvalue weighted by molar-refractivity contribution is -0.136. The van der Waals surface area contributed by atoms with Crippen molar-refractivity contribution in [1.82, 2.24) is 10.3 Å². The second-order valence-corrected chi connectivity index (χ2v) is 3.13. The molecule has 0 fully saturated rings. The summed E-state index contributed by atoms with van der Waals surface area (Å²) in [5, 5.41) is 19.4. The van der Waals surface area contributed by atoms with E-state index in [1.54, 1.807) is 0 Å². The normalized spacial score (nSPS) is 9.65. The maximum Gasteiger partial charge on any atom is 0.354 e. The van der Waals surface area contributed by atoms with Gasteiger partial charge in [-0.25, -0.2) is 9.78 Å². The van der Waals surface area contributed by atoms with Gasteiger partial charge in [0.2, 0.25) is 0 Å². The minimum Gasteiger partial charge on any atom is -0.481 e. The monoisotopic (exact) mass is 238 g/mol. The van der Waals surface area contributed by atoms with Gasteiger partial charge in [-0.2, -0.15) is 0 Å². The lowest BCUT2D eigenvalue weighted by atomic mass is 10.2. The van der Waals surface area contributed by atoms with Crippen LogP contribution in [0.15, 0.2) is 18.3 Å². The van der Waals surface area contributed by atoms with E-state index in [0.29, 0.717) is 0 Å². The first-order chi connectivity index (χ1) is 8.00. The number of hydrogen-bond acceptors (Lipinski definition) is 4. The Kier molecular flexibility index (Phi) is 4.15. The van der Waals surface area contributed by atoms with Crippen LogP contribution in [0.1, 0.15) is 27.3 Å². The predicted molar refractivity (Wildman–Crippen MR) is 55.8 cm³/mol. The number of amides is 1. The maximum absolute atomic E-state index is 11.5. The number of aromatic carboxylic acids is 1. The molecule has 0 aliphatic rings. The van der Waals surface area contributed by atoms with Crippen LogP contribution in [0, 0.1) is 0 Å². The Bertz CT molecular complexity index is 458. The van der Waals surface area contributed by atoms with Crippen molar-refractivity contribution >= 4 is 17.8 Å². The van der Waals surface area contributed by atoms with E-state index in [-0.39, 0.29) is 24.2 Å². The molecule has 0 spiro atoms. The van der Waals surface area contributed by atoms with Gasteiger partial charge < -0.3 is 15.5 Å². The Morgan fingerprint density at radius 3 is 2.59 bits per heavy atom. The van der Waals surface area contributed by atoms with Crippen molar-refractivity contribution in [3.63, 3.8) is 0 Å². The number of pyridine rings is 1. The van der Waals surface area contributed by atoms with Gasteiger partial charge in [0.25, 0.3) is 5.91 Å². The Hall–Kier alpha value is -2.44. The van der Waals surface area contributed by atoms with Crippen molar-refractivity contribution in [3.05, 3.63) is 29.6 Å². The summed E-state index contributed by atoms with van der Waals surface area (Å²) < 4.78 is 0. The lowest BCUT2D eigenvalue weighted by Crippen LogP contribution is -2.26. The second kappa shape index (κ2) is 5.59. The van der Waals surface area contributed by atoms with Crippen LogP contribution >= 0.6 is 0 Å². The molecular weight excluding hydrogens is 228 g/mol. The number of carboxylic acids is 2. The third kappa shape index (κ3) is 3.90. The number of carboxylic acid groups (broad SMARTS) is 2. The summed E-state index contributed by atoms with van der Waals surface area (Å²) in [6.07, 6.45) is 1.01. The lowest BCUT2D eigenvalue weighted by Gasteiger charge is -2.03. The van der Waals surface area contributed by atoms with Crippen molar-refractivity contribution in [2.75, 3.05) is 6.54 Å². The van der Waals surface area contributed by atoms with Gasteiger partial charge in [0.1, 0.15) is 5.69 Å². The number of carbonyl (C=O) groups excluding carboxylic acids is 1. The van der Waals surface area contributed by atoms with Crippen LogP contribution in [0.2, 0.25) is 0 Å². The molecule has 7 nitrogen and oxygen atoms in total. The van der Waals surface area contributed by atoms with Gasteiger partial charge >= 0.3 is 11.9 Å². The fourth-order valence-electron chi connectivity index (χ4n) is 1.07. The van der Waals surface area contributed by atoms with Crippen LogP contribution in [0.4, 0.5) is 0 Å². The number of carbonyl (C=O) groups is 3. The van der Waals surface area contributed by atoms with E-state index in [1.165, 1.54) is 12.3 Å². The standard InChI is InChI=1S/C10H10N2O5/c13-8(14)2-4-12-9(15)6-1-3-11-7(5-6)10(16)17/h1,3,5H,2,4H2,(H,12,15)(H,13,14)(H,16,17). The van der Waals surface area contributed by atoms with Crippen LogP contribution in [-0.2, 0) is 4.79 Å². The van der Waals surface area contributed by atoms with E-state index in [0.717, 1.165) is 6.07 Å². The van der Waals surface area contributed by atoms with Crippen LogP contribution in [0.25, 0.3) is 0 Å². The fraction of sp³-hybridized carbons (Fsp3) is 0.200. The molecule has 0 atom stereocenters. The van der Waals surface area contributed by atoms with Crippen LogP contribution in [-0.4, -0.2) is 39.6 Å². The summed E-state index contributed by atoms with van der Waals surface area (Å²) in [5.41, 5.74) is -0.112. The highest BCUT2D eigenvalue weighted by Gasteiger charge is 2.10. The van der Waals surface area contributed by atoms with E-state index in [2.05, 4.69) is 10.3 Å². The Labute approximate surface area is 96.1 Å². The highest BCUT2D eigenvalue weighted by atomic mass is 16.4. The smallest absolute Gasteiger partial charge is 0.354 e. The predicted octanol–water partition coefficient (Wildman–Crippen LogP) is -0.0157. The summed E-state index contributed by atoms with van der Waals surface area (Å²) in [6, 6.07) is 2.47. The maximum atomic E-state index is 11.5. The van der Waals surface area contributed by atoms with Gasteiger partial charge in [0, 0.05) is 18.3 Å². The summed E-state index contributed by atoms with van der Waals surface area (Å²) >= 11 is 0. The molecule has 0 aromatic carbocycles. The van der Waals surface area contributed by atoms with Crippen molar-refractivity contribution in [3.8, 4) is 0 Å². The van der Waals surface area contributed by atoms with Gasteiger partial charge in [0.05, 0.1) is 6.42 Å². The molecule has 0 radical (unpaired) electrons. The average molecular weight is 238 g/mol. The van der Waals surface area contributed by atoms with Gasteiger partial charge in [-0.1, -0.05) is 0 Å². The van der Waals surface area contributed by atoms with Crippen LogP contribution < -0.4 is 5.32 Å². The van der Waals surface area contributed by atoms with Crippen molar-refractivity contribution < 1.29 is 24.6 Å². The quantitative estimate of drug-likeness (QED) is 0.663. The topological polar surface area (TPSA) is 117 Å². The molecule has 1 heterocycles. The van der Waals surface area contributed by atoms with Crippen molar-refractivity contribution in [1.29, 1.82) is 0 Å². The van der Waals surface area contributed by atoms with Gasteiger partial charge in [-0.15, -0.1) is 0 Å². The van der Waals surface area contributed by atoms with E-state index in [4.69, 9.17) is 10.2 Å². The summed E-state index contributed by atoms with van der Waals surface area (Å²) in [4.78, 5) is 35.9. The summed E-state index contributed by atoms with van der Waals surface area (Å²) in [6.45, 7) is -0.0150. The molecule has 1 amide bonds. The molecule has 0 bridgehead atoms. The third-order valence-electron chi connectivity index (χ3n) is 1.87. The first kappa shape index (κ1) is 12.6. The Morgan fingerprint density at radius 2 is 2.00 bits per heavy atom. The summed E-state index contributed by atoms with van der Waals surface area (Å²) in [5.74, 6) is -2.78. The molecule has 7 heteroatoms. The molecule has 0 unspecified atom stereocenters. The van der Waals surface area contributed by atoms with Crippen LogP contribution in [0.3, 0.4) is 0 Å². The number of aromatic nitrogens is 1. The zero-order valence-corrected chi connectivity index (χ0v) is 8.71. The zero-order chi connectivity index (χ0) is 12.8. The van der Waals surface area contributed by atoms with E-state index in [9.17, 15) is 14.4 Å². The minimum atomic E-state index is -1.23. The minimum absolute atomic E-state index is 0.0150. The van der Waals surface area contributed by atoms with Crippen molar-refractivity contribution in [2.24, 2.45) is 0 Å². The number of aliphatic carboxylic acids is 1. The molecule has 1 aromatic heterocycles. The number of nitrogens with one attached hydrogen (secondary N) is 1. The molecule has 0 saturated heterocycles. The number of rotatable bonds is 5. The molecule has 3 N–H and O–H groups in total. The Morgan fingerprint density at radius 1 is 1.29 bits per heavy atom. The second-order valence-electron chi connectivity index (χ2n) is 3.13. The molecule has 0 aliphatic heterocycles. The fourth-order valence-corrected chi connectivity index (χ4v) is 1.07. The molecule has 1 aromatic rings. The van der Waals surface area contributed by atoms with E-state index in [1.807, 2.05) is 0 Å². The molecule has 17 heavy (non-hydrogen) atoms. The van der Waals surface area contributed by atoms with Crippen molar-refractivity contribution in [2.45, 2.75) is 6.42 Å². The number of nitrogens with zero attached hydrogens (tertiary/aromatic N) is 1. The first-order valence-corrected chi connectivity index (χ1v) is 4.70. The average Bonchev–Trinajstić information content (AvgIpc) is 2.28. The van der Waals surface area contributed by atoms with E-state index < -0.39 is 17.8 Å². The van der Waals surface area contributed by atoms with Gasteiger partial charge in [0.15, 0.2) is 0 Å².